The van der Waals surface area contributed by atoms with Crippen molar-refractivity contribution in [2.45, 2.75) is 32.2 Å². The van der Waals surface area contributed by atoms with Crippen LogP contribution in [0.2, 0.25) is 0 Å². The van der Waals surface area contributed by atoms with Gasteiger partial charge in [-0.1, -0.05) is 0 Å². The molecule has 18 heavy (non-hydrogen) atoms. The summed E-state index contributed by atoms with van der Waals surface area (Å²) in [5, 5.41) is 8.40. The normalized spacial score (nSPS) is 16.7. The second-order valence-corrected chi connectivity index (χ2v) is 7.06. The van der Waals surface area contributed by atoms with Gasteiger partial charge >= 0.3 is 0 Å². The van der Waals surface area contributed by atoms with Crippen molar-refractivity contribution < 1.29 is 4.79 Å². The summed E-state index contributed by atoms with van der Waals surface area (Å²) in [5.41, 5.74) is 1.17. The van der Waals surface area contributed by atoms with E-state index in [0.717, 1.165) is 29.2 Å². The lowest BCUT2D eigenvalue weighted by molar-refractivity contribution is -0.121. The van der Waals surface area contributed by atoms with E-state index in [1.165, 1.54) is 18.4 Å². The van der Waals surface area contributed by atoms with Gasteiger partial charge < -0.3 is 10.6 Å². The highest BCUT2D eigenvalue weighted by molar-refractivity contribution is 9.11. The van der Waals surface area contributed by atoms with Crippen molar-refractivity contribution in [3.63, 3.8) is 0 Å². The summed E-state index contributed by atoms with van der Waals surface area (Å²) in [7, 11) is 0. The molecule has 0 radical (unpaired) electrons. The minimum atomic E-state index is 0.177. The van der Waals surface area contributed by atoms with Crippen molar-refractivity contribution >= 4 is 33.2 Å². The van der Waals surface area contributed by atoms with Gasteiger partial charge in [0.2, 0.25) is 5.91 Å². The van der Waals surface area contributed by atoms with Crippen molar-refractivity contribution in [3.05, 3.63) is 20.8 Å². The van der Waals surface area contributed by atoms with E-state index in [1.807, 2.05) is 0 Å². The van der Waals surface area contributed by atoms with E-state index >= 15 is 0 Å². The lowest BCUT2D eigenvalue weighted by Crippen LogP contribution is -2.29. The minimum absolute atomic E-state index is 0.177. The molecule has 2 heterocycles. The monoisotopic (exact) mass is 330 g/mol. The third-order valence-electron chi connectivity index (χ3n) is 3.35. The molecular weight excluding hydrogens is 312 g/mol. The summed E-state index contributed by atoms with van der Waals surface area (Å²) in [6, 6.07) is 2.05. The van der Waals surface area contributed by atoms with Gasteiger partial charge in [-0.05, 0) is 71.2 Å². The van der Waals surface area contributed by atoms with Crippen LogP contribution in [-0.4, -0.2) is 19.0 Å². The van der Waals surface area contributed by atoms with E-state index in [2.05, 4.69) is 38.0 Å². The zero-order valence-electron chi connectivity index (χ0n) is 10.4. The van der Waals surface area contributed by atoms with Crippen LogP contribution in [0.15, 0.2) is 15.2 Å². The van der Waals surface area contributed by atoms with E-state index in [-0.39, 0.29) is 5.91 Å². The molecule has 3 nitrogen and oxygen atoms in total. The van der Waals surface area contributed by atoms with Crippen molar-refractivity contribution in [2.24, 2.45) is 5.92 Å². The van der Waals surface area contributed by atoms with Crippen molar-refractivity contribution in [1.82, 2.24) is 10.6 Å². The Hall–Kier alpha value is -0.390. The molecule has 1 saturated heterocycles. The van der Waals surface area contributed by atoms with Gasteiger partial charge in [0, 0.05) is 13.0 Å². The number of thiophene rings is 1. The minimum Gasteiger partial charge on any atom is -0.352 e. The summed E-state index contributed by atoms with van der Waals surface area (Å²) in [5.74, 6) is 0.906. The number of rotatable bonds is 5. The number of piperidine rings is 1. The molecule has 0 bridgehead atoms. The summed E-state index contributed by atoms with van der Waals surface area (Å²) in [4.78, 5) is 11.7. The van der Waals surface area contributed by atoms with Crippen LogP contribution in [-0.2, 0) is 11.3 Å². The van der Waals surface area contributed by atoms with Gasteiger partial charge in [-0.3, -0.25) is 4.79 Å². The van der Waals surface area contributed by atoms with Gasteiger partial charge in [0.25, 0.3) is 0 Å². The molecule has 0 aliphatic carbocycles. The molecule has 1 amide bonds. The van der Waals surface area contributed by atoms with E-state index < -0.39 is 0 Å². The zero-order valence-corrected chi connectivity index (χ0v) is 12.8. The SMILES string of the molecule is O=C(CCC1CCNCC1)NCc1csc(Br)c1. The number of hydrogen-bond acceptors (Lipinski definition) is 3. The fourth-order valence-electron chi connectivity index (χ4n) is 2.23. The fraction of sp³-hybridized carbons (Fsp3) is 0.615. The molecule has 0 spiro atoms. The maximum Gasteiger partial charge on any atom is 0.220 e. The molecule has 0 aromatic carbocycles. The van der Waals surface area contributed by atoms with Crippen LogP contribution < -0.4 is 10.6 Å². The Balaban J connectivity index is 1.62. The van der Waals surface area contributed by atoms with E-state index in [1.54, 1.807) is 11.3 Å². The van der Waals surface area contributed by atoms with Crippen molar-refractivity contribution in [2.75, 3.05) is 13.1 Å². The molecule has 2 N–H and O–H groups in total. The highest BCUT2D eigenvalue weighted by atomic mass is 79.9. The smallest absolute Gasteiger partial charge is 0.220 e. The molecule has 0 unspecified atom stereocenters. The number of carbonyl (C=O) groups is 1. The second kappa shape index (κ2) is 7.26. The van der Waals surface area contributed by atoms with E-state index in [4.69, 9.17) is 0 Å². The zero-order chi connectivity index (χ0) is 12.8. The second-order valence-electron chi connectivity index (χ2n) is 4.77. The highest BCUT2D eigenvalue weighted by Gasteiger charge is 2.14. The van der Waals surface area contributed by atoms with Gasteiger partial charge in [-0.25, -0.2) is 0 Å². The Morgan fingerprint density at radius 1 is 1.50 bits per heavy atom. The third-order valence-corrected chi connectivity index (χ3v) is 4.90. The van der Waals surface area contributed by atoms with Crippen LogP contribution >= 0.6 is 27.3 Å². The Morgan fingerprint density at radius 3 is 2.94 bits per heavy atom. The highest BCUT2D eigenvalue weighted by Crippen LogP contribution is 2.20. The van der Waals surface area contributed by atoms with E-state index in [9.17, 15) is 4.79 Å². The Labute approximate surface area is 120 Å². The quantitative estimate of drug-likeness (QED) is 0.871. The van der Waals surface area contributed by atoms with Crippen LogP contribution in [0.3, 0.4) is 0 Å². The largest absolute Gasteiger partial charge is 0.352 e. The maximum absolute atomic E-state index is 11.7. The molecule has 1 aromatic rings. The van der Waals surface area contributed by atoms with Crippen molar-refractivity contribution in [3.8, 4) is 0 Å². The van der Waals surface area contributed by atoms with Crippen LogP contribution in [0.25, 0.3) is 0 Å². The molecule has 0 saturated carbocycles. The number of halogens is 1. The average Bonchev–Trinajstić information content (AvgIpc) is 2.81. The summed E-state index contributed by atoms with van der Waals surface area (Å²) in [6.45, 7) is 2.86. The molecule has 5 heteroatoms. The van der Waals surface area contributed by atoms with Crippen LogP contribution in [0.5, 0.6) is 0 Å². The van der Waals surface area contributed by atoms with Crippen LogP contribution in [0.4, 0.5) is 0 Å². The first-order valence-corrected chi connectivity index (χ1v) is 8.11. The molecule has 100 valence electrons. The van der Waals surface area contributed by atoms with Crippen molar-refractivity contribution in [1.29, 1.82) is 0 Å². The molecule has 1 aliphatic heterocycles. The molecular formula is C13H19BrN2OS. The lowest BCUT2D eigenvalue weighted by Gasteiger charge is -2.22. The molecule has 1 fully saturated rings. The topological polar surface area (TPSA) is 41.1 Å². The van der Waals surface area contributed by atoms with Gasteiger partial charge in [-0.15, -0.1) is 11.3 Å². The predicted molar refractivity (Wildman–Crippen MR) is 78.7 cm³/mol. The van der Waals surface area contributed by atoms with E-state index in [0.29, 0.717) is 13.0 Å². The fourth-order valence-corrected chi connectivity index (χ4v) is 3.44. The number of carbonyl (C=O) groups excluding carboxylic acids is 1. The number of nitrogens with one attached hydrogen (secondary N) is 2. The molecule has 1 aromatic heterocycles. The summed E-state index contributed by atoms with van der Waals surface area (Å²) < 4.78 is 1.11. The lowest BCUT2D eigenvalue weighted by atomic mass is 9.93. The molecule has 2 rings (SSSR count). The standard InChI is InChI=1S/C13H19BrN2OS/c14-12-7-11(9-18-12)8-16-13(17)2-1-10-3-5-15-6-4-10/h7,9-10,15H,1-6,8H2,(H,16,17). The first kappa shape index (κ1) is 14.0. The number of hydrogen-bond donors (Lipinski definition) is 2. The summed E-state index contributed by atoms with van der Waals surface area (Å²) in [6.07, 6.45) is 4.12. The van der Waals surface area contributed by atoms with Gasteiger partial charge in [0.15, 0.2) is 0 Å². The average molecular weight is 331 g/mol. The Kier molecular flexibility index (Phi) is 5.66. The summed E-state index contributed by atoms with van der Waals surface area (Å²) >= 11 is 5.07. The first-order valence-electron chi connectivity index (χ1n) is 6.44. The Morgan fingerprint density at radius 2 is 2.28 bits per heavy atom. The first-order chi connectivity index (χ1) is 8.74. The molecule has 1 aliphatic rings. The third kappa shape index (κ3) is 4.71. The van der Waals surface area contributed by atoms with Gasteiger partial charge in [-0.2, -0.15) is 0 Å². The maximum atomic E-state index is 11.7. The van der Waals surface area contributed by atoms with Gasteiger partial charge in [0.1, 0.15) is 0 Å². The Bertz CT molecular complexity index is 388. The number of amides is 1. The molecule has 0 atom stereocenters. The van der Waals surface area contributed by atoms with Gasteiger partial charge in [0.05, 0.1) is 3.79 Å². The van der Waals surface area contributed by atoms with Crippen LogP contribution in [0, 0.1) is 5.92 Å². The predicted octanol–water partition coefficient (Wildman–Crippen LogP) is 2.91. The van der Waals surface area contributed by atoms with Crippen LogP contribution in [0.1, 0.15) is 31.2 Å².